The van der Waals surface area contributed by atoms with Crippen molar-refractivity contribution in [2.24, 2.45) is 0 Å². The normalized spacial score (nSPS) is 12.1. The van der Waals surface area contributed by atoms with E-state index in [4.69, 9.17) is 10.00 Å². The second kappa shape index (κ2) is 11.2. The van der Waals surface area contributed by atoms with Crippen LogP contribution >= 0.6 is 0 Å². The molecule has 0 radical (unpaired) electrons. The standard InChI is InChI=1S/C21H21N3O6/c22-11-16-9-5-4-8-15(16)10-17(20(27)28)23-19(26)18(12-25)24-21(29)30-13-14-6-2-1-3-7-14/h1-9,17-18,25H,10,12-13H2,(H,23,26)(H,24,29)(H,27,28)/t17-,18+/m1/s1. The van der Waals surface area contributed by atoms with Crippen LogP contribution in [0.15, 0.2) is 54.6 Å². The molecule has 0 unspecified atom stereocenters. The molecule has 0 aliphatic heterocycles. The maximum atomic E-state index is 12.4. The largest absolute Gasteiger partial charge is 0.480 e. The summed E-state index contributed by atoms with van der Waals surface area (Å²) in [5.41, 5.74) is 1.47. The van der Waals surface area contributed by atoms with Crippen LogP contribution in [0.5, 0.6) is 0 Å². The summed E-state index contributed by atoms with van der Waals surface area (Å²) in [4.78, 5) is 35.8. The molecule has 0 aromatic heterocycles. The molecule has 4 N–H and O–H groups in total. The first-order valence-corrected chi connectivity index (χ1v) is 9.03. The highest BCUT2D eigenvalue weighted by Crippen LogP contribution is 2.10. The maximum Gasteiger partial charge on any atom is 0.408 e. The molecule has 9 heteroatoms. The predicted octanol–water partition coefficient (Wildman–Crippen LogP) is 0.957. The number of hydrogen-bond donors (Lipinski definition) is 4. The number of nitriles is 1. The van der Waals surface area contributed by atoms with E-state index in [-0.39, 0.29) is 13.0 Å². The maximum absolute atomic E-state index is 12.4. The summed E-state index contributed by atoms with van der Waals surface area (Å²) in [6, 6.07) is 14.5. The van der Waals surface area contributed by atoms with E-state index < -0.39 is 36.7 Å². The third-order valence-electron chi connectivity index (χ3n) is 4.18. The van der Waals surface area contributed by atoms with Crippen molar-refractivity contribution in [2.45, 2.75) is 25.1 Å². The minimum Gasteiger partial charge on any atom is -0.480 e. The fraction of sp³-hybridized carbons (Fsp3) is 0.238. The second-order valence-electron chi connectivity index (χ2n) is 6.31. The van der Waals surface area contributed by atoms with Gasteiger partial charge in [0, 0.05) is 6.42 Å². The smallest absolute Gasteiger partial charge is 0.408 e. The van der Waals surface area contributed by atoms with Crippen LogP contribution in [0.1, 0.15) is 16.7 Å². The summed E-state index contributed by atoms with van der Waals surface area (Å²) in [6.07, 6.45) is -1.07. The Labute approximate surface area is 172 Å². The number of amides is 2. The number of nitrogens with one attached hydrogen (secondary N) is 2. The van der Waals surface area contributed by atoms with Gasteiger partial charge in [-0.1, -0.05) is 48.5 Å². The van der Waals surface area contributed by atoms with Gasteiger partial charge in [0.25, 0.3) is 0 Å². The Balaban J connectivity index is 1.96. The van der Waals surface area contributed by atoms with E-state index >= 15 is 0 Å². The van der Waals surface area contributed by atoms with E-state index in [9.17, 15) is 24.6 Å². The van der Waals surface area contributed by atoms with Gasteiger partial charge in [0.05, 0.1) is 18.2 Å². The number of carboxylic acid groups (broad SMARTS) is 1. The fourth-order valence-electron chi connectivity index (χ4n) is 2.60. The van der Waals surface area contributed by atoms with Crippen LogP contribution in [-0.4, -0.2) is 46.9 Å². The van der Waals surface area contributed by atoms with Crippen molar-refractivity contribution >= 4 is 18.0 Å². The number of carbonyl (C=O) groups excluding carboxylic acids is 2. The summed E-state index contributed by atoms with van der Waals surface area (Å²) in [5.74, 6) is -2.21. The quantitative estimate of drug-likeness (QED) is 0.480. The molecule has 0 aliphatic carbocycles. The van der Waals surface area contributed by atoms with E-state index in [1.54, 1.807) is 42.5 Å². The Kier molecular flexibility index (Phi) is 8.35. The number of rotatable bonds is 9. The first-order chi connectivity index (χ1) is 14.4. The first-order valence-electron chi connectivity index (χ1n) is 9.03. The minimum absolute atomic E-state index is 0.0326. The first kappa shape index (κ1) is 22.4. The molecule has 2 aromatic carbocycles. The zero-order valence-electron chi connectivity index (χ0n) is 15.9. The van der Waals surface area contributed by atoms with Gasteiger partial charge >= 0.3 is 12.1 Å². The van der Waals surface area contributed by atoms with Gasteiger partial charge in [-0.25, -0.2) is 9.59 Å². The van der Waals surface area contributed by atoms with Crippen molar-refractivity contribution in [2.75, 3.05) is 6.61 Å². The molecule has 0 saturated carbocycles. The predicted molar refractivity (Wildman–Crippen MR) is 105 cm³/mol. The number of aliphatic carboxylic acids is 1. The van der Waals surface area contributed by atoms with Crippen molar-refractivity contribution < 1.29 is 29.3 Å². The van der Waals surface area contributed by atoms with Crippen molar-refractivity contribution in [3.8, 4) is 6.07 Å². The van der Waals surface area contributed by atoms with E-state index in [0.29, 0.717) is 11.1 Å². The summed E-state index contributed by atoms with van der Waals surface area (Å²) in [6.45, 7) is -0.789. The average Bonchev–Trinajstić information content (AvgIpc) is 2.76. The van der Waals surface area contributed by atoms with Crippen LogP contribution in [0, 0.1) is 11.3 Å². The van der Waals surface area contributed by atoms with Crippen LogP contribution < -0.4 is 10.6 Å². The Morgan fingerprint density at radius 2 is 1.67 bits per heavy atom. The highest BCUT2D eigenvalue weighted by atomic mass is 16.5. The van der Waals surface area contributed by atoms with Gasteiger partial charge in [-0.05, 0) is 17.2 Å². The summed E-state index contributed by atoms with van der Waals surface area (Å²) in [7, 11) is 0. The molecule has 0 aliphatic rings. The number of nitrogens with zero attached hydrogens (tertiary/aromatic N) is 1. The summed E-state index contributed by atoms with van der Waals surface area (Å²) < 4.78 is 5.00. The van der Waals surface area contributed by atoms with Crippen LogP contribution in [0.25, 0.3) is 0 Å². The van der Waals surface area contributed by atoms with Crippen LogP contribution in [0.4, 0.5) is 4.79 Å². The molecule has 0 heterocycles. The molecule has 30 heavy (non-hydrogen) atoms. The number of aliphatic hydroxyl groups excluding tert-OH is 1. The number of carbonyl (C=O) groups is 3. The zero-order valence-corrected chi connectivity index (χ0v) is 15.9. The molecule has 156 valence electrons. The van der Waals surface area contributed by atoms with E-state index in [1.165, 1.54) is 6.07 Å². The molecule has 0 spiro atoms. The Bertz CT molecular complexity index is 926. The average molecular weight is 411 g/mol. The number of hydrogen-bond acceptors (Lipinski definition) is 6. The van der Waals surface area contributed by atoms with Gasteiger partial charge in [0.1, 0.15) is 18.7 Å². The highest BCUT2D eigenvalue weighted by Gasteiger charge is 2.27. The third kappa shape index (κ3) is 6.61. The molecular weight excluding hydrogens is 390 g/mol. The SMILES string of the molecule is N#Cc1ccccc1C[C@@H](NC(=O)[C@H](CO)NC(=O)OCc1ccccc1)C(=O)O. The lowest BCUT2D eigenvalue weighted by atomic mass is 10.0. The molecule has 2 atom stereocenters. The molecule has 9 nitrogen and oxygen atoms in total. The number of aliphatic hydroxyl groups is 1. The molecule has 0 fully saturated rings. The molecule has 0 saturated heterocycles. The molecule has 2 rings (SSSR count). The van der Waals surface area contributed by atoms with Gasteiger partial charge in [-0.15, -0.1) is 0 Å². The molecule has 0 bridgehead atoms. The monoisotopic (exact) mass is 411 g/mol. The van der Waals surface area contributed by atoms with Crippen molar-refractivity contribution in [3.05, 3.63) is 71.3 Å². The van der Waals surface area contributed by atoms with Gasteiger partial charge in [0.2, 0.25) is 5.91 Å². The topological polar surface area (TPSA) is 149 Å². The minimum atomic E-state index is -1.40. The van der Waals surface area contributed by atoms with Crippen molar-refractivity contribution in [1.29, 1.82) is 5.26 Å². The van der Waals surface area contributed by atoms with Crippen molar-refractivity contribution in [1.82, 2.24) is 10.6 Å². The van der Waals surface area contributed by atoms with Crippen molar-refractivity contribution in [3.63, 3.8) is 0 Å². The van der Waals surface area contributed by atoms with E-state index in [0.717, 1.165) is 5.56 Å². The Morgan fingerprint density at radius 3 is 2.30 bits per heavy atom. The zero-order chi connectivity index (χ0) is 21.9. The van der Waals surface area contributed by atoms with Crippen LogP contribution in [-0.2, 0) is 27.4 Å². The van der Waals surface area contributed by atoms with Crippen LogP contribution in [0.3, 0.4) is 0 Å². The third-order valence-corrected chi connectivity index (χ3v) is 4.18. The highest BCUT2D eigenvalue weighted by molar-refractivity contribution is 5.89. The van der Waals surface area contributed by atoms with Gasteiger partial charge in [-0.2, -0.15) is 5.26 Å². The Morgan fingerprint density at radius 1 is 1.00 bits per heavy atom. The van der Waals surface area contributed by atoms with E-state index in [2.05, 4.69) is 10.6 Å². The van der Waals surface area contributed by atoms with Gasteiger partial charge in [-0.3, -0.25) is 4.79 Å². The number of ether oxygens (including phenoxy) is 1. The lowest BCUT2D eigenvalue weighted by Crippen LogP contribution is -2.53. The van der Waals surface area contributed by atoms with Gasteiger partial charge < -0.3 is 25.6 Å². The molecular formula is C21H21N3O6. The summed E-state index contributed by atoms with van der Waals surface area (Å²) >= 11 is 0. The lowest BCUT2D eigenvalue weighted by molar-refractivity contribution is -0.142. The lowest BCUT2D eigenvalue weighted by Gasteiger charge is -2.20. The Hall–Kier alpha value is -3.90. The van der Waals surface area contributed by atoms with Crippen LogP contribution in [0.2, 0.25) is 0 Å². The summed E-state index contributed by atoms with van der Waals surface area (Å²) in [5, 5.41) is 32.5. The second-order valence-corrected chi connectivity index (χ2v) is 6.31. The van der Waals surface area contributed by atoms with Gasteiger partial charge in [0.15, 0.2) is 0 Å². The molecule has 2 amide bonds. The number of alkyl carbamates (subject to hydrolysis) is 1. The fourth-order valence-corrected chi connectivity index (χ4v) is 2.60. The number of carboxylic acids is 1. The number of benzene rings is 2. The molecule has 2 aromatic rings. The van der Waals surface area contributed by atoms with E-state index in [1.807, 2.05) is 12.1 Å².